The molecule has 0 amide bonds. The molecule has 0 unspecified atom stereocenters. The van der Waals surface area contributed by atoms with Gasteiger partial charge in [0.1, 0.15) is 0 Å². The van der Waals surface area contributed by atoms with Crippen molar-refractivity contribution in [2.24, 2.45) is 7.05 Å². The molecular weight excluding hydrogens is 242 g/mol. The molecule has 1 heterocycles. The minimum atomic E-state index is 0.567. The smallest absolute Gasteiger partial charge is 0.0491 e. The molecule has 0 saturated heterocycles. The number of aryl methyl sites for hydroxylation is 2. The third-order valence-electron chi connectivity index (χ3n) is 3.70. The van der Waals surface area contributed by atoms with E-state index in [9.17, 15) is 0 Å². The number of halogens is 1. The summed E-state index contributed by atoms with van der Waals surface area (Å²) in [5.41, 5.74) is 5.12. The van der Waals surface area contributed by atoms with Gasteiger partial charge in [-0.2, -0.15) is 0 Å². The highest BCUT2D eigenvalue weighted by Crippen LogP contribution is 2.29. The Hall–Kier alpha value is -1.47. The van der Waals surface area contributed by atoms with Gasteiger partial charge in [-0.05, 0) is 29.7 Å². The van der Waals surface area contributed by atoms with Crippen LogP contribution in [-0.4, -0.2) is 4.57 Å². The fourth-order valence-corrected chi connectivity index (χ4v) is 2.76. The largest absolute Gasteiger partial charge is 0.344 e. The van der Waals surface area contributed by atoms with Gasteiger partial charge < -0.3 is 4.57 Å². The highest BCUT2D eigenvalue weighted by molar-refractivity contribution is 6.17. The first kappa shape index (κ1) is 11.6. The Bertz CT molecular complexity index is 663. The Kier molecular flexibility index (Phi) is 2.79. The molecule has 18 heavy (non-hydrogen) atoms. The van der Waals surface area contributed by atoms with E-state index in [1.807, 2.05) is 0 Å². The molecule has 2 aromatic carbocycles. The van der Waals surface area contributed by atoms with E-state index in [1.165, 1.54) is 32.9 Å². The second kappa shape index (κ2) is 4.33. The fourth-order valence-electron chi connectivity index (χ4n) is 2.60. The topological polar surface area (TPSA) is 4.93 Å². The zero-order chi connectivity index (χ0) is 12.7. The van der Waals surface area contributed by atoms with Crippen LogP contribution >= 0.6 is 11.6 Å². The van der Waals surface area contributed by atoms with Crippen molar-refractivity contribution < 1.29 is 0 Å². The van der Waals surface area contributed by atoms with Crippen LogP contribution in [0.5, 0.6) is 0 Å². The van der Waals surface area contributed by atoms with Gasteiger partial charge in [-0.1, -0.05) is 31.2 Å². The van der Waals surface area contributed by atoms with Crippen LogP contribution in [0.4, 0.5) is 0 Å². The Morgan fingerprint density at radius 3 is 2.06 bits per heavy atom. The van der Waals surface area contributed by atoms with Crippen LogP contribution in [0.2, 0.25) is 0 Å². The van der Waals surface area contributed by atoms with Crippen LogP contribution < -0.4 is 0 Å². The molecule has 0 aliphatic rings. The maximum Gasteiger partial charge on any atom is 0.0491 e. The zero-order valence-corrected chi connectivity index (χ0v) is 11.5. The van der Waals surface area contributed by atoms with E-state index in [1.54, 1.807) is 0 Å². The number of alkyl halides is 1. The third-order valence-corrected chi connectivity index (χ3v) is 4.01. The van der Waals surface area contributed by atoms with Crippen molar-refractivity contribution in [1.82, 2.24) is 4.57 Å². The molecule has 0 atom stereocenters. The number of aromatic nitrogens is 1. The van der Waals surface area contributed by atoms with Gasteiger partial charge in [0.05, 0.1) is 0 Å². The second-order valence-electron chi connectivity index (χ2n) is 4.75. The molecule has 3 aromatic rings. The zero-order valence-electron chi connectivity index (χ0n) is 10.7. The van der Waals surface area contributed by atoms with Gasteiger partial charge in [0, 0.05) is 34.7 Å². The number of hydrogen-bond donors (Lipinski definition) is 0. The summed E-state index contributed by atoms with van der Waals surface area (Å²) < 4.78 is 2.26. The Labute approximate surface area is 112 Å². The minimum Gasteiger partial charge on any atom is -0.344 e. The van der Waals surface area contributed by atoms with Crippen molar-refractivity contribution in [2.45, 2.75) is 19.2 Å². The minimum absolute atomic E-state index is 0.567. The first-order valence-electron chi connectivity index (χ1n) is 6.30. The van der Waals surface area contributed by atoms with Gasteiger partial charge in [-0.3, -0.25) is 0 Å². The van der Waals surface area contributed by atoms with Crippen molar-refractivity contribution in [3.63, 3.8) is 0 Å². The molecule has 0 spiro atoms. The number of nitrogens with zero attached hydrogens (tertiary/aromatic N) is 1. The van der Waals surface area contributed by atoms with E-state index in [0.717, 1.165) is 6.42 Å². The van der Waals surface area contributed by atoms with Crippen LogP contribution in [0.25, 0.3) is 21.8 Å². The lowest BCUT2D eigenvalue weighted by Gasteiger charge is -2.00. The number of benzene rings is 2. The fraction of sp³-hybridized carbons (Fsp3) is 0.250. The number of fused-ring (bicyclic) bond motifs is 3. The Morgan fingerprint density at radius 2 is 1.50 bits per heavy atom. The molecule has 92 valence electrons. The standard InChI is InChI=1S/C16H16ClN/c1-3-11-4-6-13-14-7-5-12(10-17)9-16(14)18(2)15(13)8-11/h4-9H,3,10H2,1-2H3. The Morgan fingerprint density at radius 1 is 0.944 bits per heavy atom. The van der Waals surface area contributed by atoms with Gasteiger partial charge in [0.25, 0.3) is 0 Å². The summed E-state index contributed by atoms with van der Waals surface area (Å²) in [6.45, 7) is 2.19. The average molecular weight is 258 g/mol. The van der Waals surface area contributed by atoms with Crippen LogP contribution in [0.15, 0.2) is 36.4 Å². The summed E-state index contributed by atoms with van der Waals surface area (Å²) in [6.07, 6.45) is 1.07. The predicted molar refractivity (Wildman–Crippen MR) is 79.4 cm³/mol. The summed E-state index contributed by atoms with van der Waals surface area (Å²) in [5, 5.41) is 2.63. The van der Waals surface area contributed by atoms with Crippen molar-refractivity contribution in [1.29, 1.82) is 0 Å². The molecule has 0 aliphatic heterocycles. The molecule has 0 radical (unpaired) electrons. The summed E-state index contributed by atoms with van der Waals surface area (Å²) >= 11 is 5.92. The van der Waals surface area contributed by atoms with Gasteiger partial charge in [0.15, 0.2) is 0 Å². The van der Waals surface area contributed by atoms with Crippen molar-refractivity contribution in [3.05, 3.63) is 47.5 Å². The quantitative estimate of drug-likeness (QED) is 0.590. The SMILES string of the molecule is CCc1ccc2c3ccc(CCl)cc3n(C)c2c1. The van der Waals surface area contributed by atoms with E-state index in [2.05, 4.69) is 54.9 Å². The predicted octanol–water partition coefficient (Wildman–Crippen LogP) is 4.63. The summed E-state index contributed by atoms with van der Waals surface area (Å²) in [6, 6.07) is 13.2. The molecule has 2 heteroatoms. The van der Waals surface area contributed by atoms with Gasteiger partial charge in [-0.25, -0.2) is 0 Å². The van der Waals surface area contributed by atoms with Crippen molar-refractivity contribution in [3.8, 4) is 0 Å². The van der Waals surface area contributed by atoms with Crippen LogP contribution in [0.1, 0.15) is 18.1 Å². The Balaban J connectivity index is 2.41. The van der Waals surface area contributed by atoms with Gasteiger partial charge in [0.2, 0.25) is 0 Å². The lowest BCUT2D eigenvalue weighted by atomic mass is 10.1. The summed E-state index contributed by atoms with van der Waals surface area (Å²) in [5.74, 6) is 0.567. The van der Waals surface area contributed by atoms with E-state index in [-0.39, 0.29) is 0 Å². The molecule has 0 bridgehead atoms. The molecular formula is C16H16ClN. The van der Waals surface area contributed by atoms with E-state index < -0.39 is 0 Å². The summed E-state index contributed by atoms with van der Waals surface area (Å²) in [4.78, 5) is 0. The molecule has 3 rings (SSSR count). The van der Waals surface area contributed by atoms with Gasteiger partial charge in [-0.15, -0.1) is 11.6 Å². The van der Waals surface area contributed by atoms with Crippen LogP contribution in [-0.2, 0) is 19.3 Å². The lowest BCUT2D eigenvalue weighted by Crippen LogP contribution is -1.88. The molecule has 0 N–H and O–H groups in total. The highest BCUT2D eigenvalue weighted by Gasteiger charge is 2.08. The lowest BCUT2D eigenvalue weighted by molar-refractivity contribution is 1.01. The number of rotatable bonds is 2. The average Bonchev–Trinajstić information content (AvgIpc) is 2.71. The second-order valence-corrected chi connectivity index (χ2v) is 5.02. The van der Waals surface area contributed by atoms with Crippen molar-refractivity contribution >= 4 is 33.4 Å². The molecule has 1 aromatic heterocycles. The first-order valence-corrected chi connectivity index (χ1v) is 6.84. The monoisotopic (exact) mass is 257 g/mol. The maximum atomic E-state index is 5.92. The van der Waals surface area contributed by atoms with E-state index in [0.29, 0.717) is 5.88 Å². The number of hydrogen-bond acceptors (Lipinski definition) is 0. The molecule has 0 aliphatic carbocycles. The first-order chi connectivity index (χ1) is 8.74. The molecule has 1 nitrogen and oxygen atoms in total. The summed E-state index contributed by atoms with van der Waals surface area (Å²) in [7, 11) is 2.13. The van der Waals surface area contributed by atoms with Crippen LogP contribution in [0.3, 0.4) is 0 Å². The normalized spacial score (nSPS) is 11.5. The van der Waals surface area contributed by atoms with Gasteiger partial charge >= 0.3 is 0 Å². The van der Waals surface area contributed by atoms with Crippen LogP contribution in [0, 0.1) is 0 Å². The van der Waals surface area contributed by atoms with E-state index >= 15 is 0 Å². The molecule has 0 saturated carbocycles. The van der Waals surface area contributed by atoms with E-state index in [4.69, 9.17) is 11.6 Å². The van der Waals surface area contributed by atoms with Crippen molar-refractivity contribution in [2.75, 3.05) is 0 Å². The molecule has 0 fully saturated rings. The maximum absolute atomic E-state index is 5.92. The third kappa shape index (κ3) is 1.62. The highest BCUT2D eigenvalue weighted by atomic mass is 35.5.